The highest BCUT2D eigenvalue weighted by atomic mass is 32.2. The van der Waals surface area contributed by atoms with Gasteiger partial charge in [-0.25, -0.2) is 8.42 Å². The van der Waals surface area contributed by atoms with Crippen LogP contribution in [-0.2, 0) is 19.6 Å². The number of sulfonamides is 1. The molecule has 6 nitrogen and oxygen atoms in total. The van der Waals surface area contributed by atoms with Gasteiger partial charge in [0.2, 0.25) is 10.0 Å². The van der Waals surface area contributed by atoms with Crippen molar-refractivity contribution in [3.8, 4) is 6.07 Å². The number of nitrogens with zero attached hydrogens (tertiary/aromatic N) is 1. The molecule has 1 aromatic carbocycles. The van der Waals surface area contributed by atoms with E-state index in [1.54, 1.807) is 32.0 Å². The van der Waals surface area contributed by atoms with Gasteiger partial charge in [0.1, 0.15) is 12.1 Å². The predicted octanol–water partition coefficient (Wildman–Crippen LogP) is 1.67. The highest BCUT2D eigenvalue weighted by Gasteiger charge is 2.29. The average Bonchev–Trinajstić information content (AvgIpc) is 2.44. The normalized spacial score (nSPS) is 12.7. The van der Waals surface area contributed by atoms with E-state index in [4.69, 9.17) is 10.00 Å². The van der Waals surface area contributed by atoms with Crippen molar-refractivity contribution in [2.24, 2.45) is 5.92 Å². The Morgan fingerprint density at radius 1 is 1.32 bits per heavy atom. The van der Waals surface area contributed by atoms with Crippen LogP contribution in [0.4, 0.5) is 0 Å². The van der Waals surface area contributed by atoms with Gasteiger partial charge in [0.25, 0.3) is 0 Å². The van der Waals surface area contributed by atoms with E-state index in [1.165, 1.54) is 6.07 Å². The van der Waals surface area contributed by atoms with Crippen molar-refractivity contribution in [3.63, 3.8) is 0 Å². The monoisotopic (exact) mass is 324 g/mol. The number of hydrogen-bond acceptors (Lipinski definition) is 5. The van der Waals surface area contributed by atoms with Gasteiger partial charge in [-0.2, -0.15) is 9.98 Å². The summed E-state index contributed by atoms with van der Waals surface area (Å²) in [4.78, 5) is 12.0. The van der Waals surface area contributed by atoms with Crippen LogP contribution in [0.3, 0.4) is 0 Å². The largest absolute Gasteiger partial charge is 0.449 e. The maximum atomic E-state index is 12.4. The lowest BCUT2D eigenvalue weighted by Gasteiger charge is -2.20. The van der Waals surface area contributed by atoms with E-state index < -0.39 is 28.6 Å². The van der Waals surface area contributed by atoms with E-state index in [-0.39, 0.29) is 10.8 Å². The second kappa shape index (κ2) is 7.38. The summed E-state index contributed by atoms with van der Waals surface area (Å²) in [5.74, 6) is -1.07. The number of nitriles is 1. The van der Waals surface area contributed by atoms with Crippen molar-refractivity contribution >= 4 is 16.0 Å². The number of esters is 1. The summed E-state index contributed by atoms with van der Waals surface area (Å²) in [7, 11) is -3.85. The van der Waals surface area contributed by atoms with Gasteiger partial charge in [-0.1, -0.05) is 19.9 Å². The highest BCUT2D eigenvalue weighted by Crippen LogP contribution is 2.16. The lowest BCUT2D eigenvalue weighted by Crippen LogP contribution is -2.45. The Morgan fingerprint density at radius 3 is 2.45 bits per heavy atom. The minimum atomic E-state index is -3.85. The average molecular weight is 324 g/mol. The number of nitrogens with one attached hydrogen (secondary N) is 1. The number of hydrogen-bond donors (Lipinski definition) is 1. The fraction of sp³-hybridized carbons (Fsp3) is 0.467. The van der Waals surface area contributed by atoms with Crippen LogP contribution in [0, 0.1) is 31.1 Å². The zero-order chi connectivity index (χ0) is 16.9. The molecule has 0 aromatic heterocycles. The van der Waals surface area contributed by atoms with Crippen LogP contribution in [0.1, 0.15) is 25.0 Å². The summed E-state index contributed by atoms with van der Waals surface area (Å²) in [5.41, 5.74) is 1.82. The first-order valence-corrected chi connectivity index (χ1v) is 8.30. The number of carbonyl (C=O) groups is 1. The third kappa shape index (κ3) is 4.55. The van der Waals surface area contributed by atoms with Crippen molar-refractivity contribution in [3.05, 3.63) is 29.3 Å². The maximum absolute atomic E-state index is 12.4. The molecule has 22 heavy (non-hydrogen) atoms. The quantitative estimate of drug-likeness (QED) is 0.803. The van der Waals surface area contributed by atoms with Crippen LogP contribution in [0.5, 0.6) is 0 Å². The van der Waals surface area contributed by atoms with Crippen LogP contribution in [0.25, 0.3) is 0 Å². The zero-order valence-corrected chi connectivity index (χ0v) is 13.9. The lowest BCUT2D eigenvalue weighted by molar-refractivity contribution is -0.145. The van der Waals surface area contributed by atoms with E-state index >= 15 is 0 Å². The SMILES string of the molecule is Cc1ccc(S(=O)(=O)N[C@H](C(=O)OCC#N)C(C)C)cc1C. The van der Waals surface area contributed by atoms with Crippen LogP contribution in [0.15, 0.2) is 23.1 Å². The zero-order valence-electron chi connectivity index (χ0n) is 13.1. The molecule has 1 atom stereocenters. The van der Waals surface area contributed by atoms with Gasteiger partial charge in [0, 0.05) is 0 Å². The molecular formula is C15H20N2O4S. The first-order chi connectivity index (χ1) is 10.2. The molecule has 120 valence electrons. The summed E-state index contributed by atoms with van der Waals surface area (Å²) in [6.07, 6.45) is 0. The maximum Gasteiger partial charge on any atom is 0.325 e. The van der Waals surface area contributed by atoms with Crippen LogP contribution in [0.2, 0.25) is 0 Å². The second-order valence-corrected chi connectivity index (χ2v) is 7.07. The smallest absolute Gasteiger partial charge is 0.325 e. The van der Waals surface area contributed by atoms with Gasteiger partial charge in [0.15, 0.2) is 6.61 Å². The topological polar surface area (TPSA) is 96.3 Å². The van der Waals surface area contributed by atoms with Crippen molar-refractivity contribution in [2.45, 2.75) is 38.6 Å². The summed E-state index contributed by atoms with van der Waals surface area (Å²) in [6.45, 7) is 6.68. The van der Waals surface area contributed by atoms with E-state index in [0.29, 0.717) is 0 Å². The van der Waals surface area contributed by atoms with Crippen molar-refractivity contribution in [1.29, 1.82) is 5.26 Å². The molecule has 1 rings (SSSR count). The highest BCUT2D eigenvalue weighted by molar-refractivity contribution is 7.89. The molecule has 0 saturated heterocycles. The van der Waals surface area contributed by atoms with Crippen LogP contribution in [-0.4, -0.2) is 27.0 Å². The van der Waals surface area contributed by atoms with Gasteiger partial charge in [-0.05, 0) is 43.0 Å². The molecular weight excluding hydrogens is 304 g/mol. The number of benzene rings is 1. The first-order valence-electron chi connectivity index (χ1n) is 6.82. The molecule has 0 heterocycles. The molecule has 0 aliphatic rings. The van der Waals surface area contributed by atoms with E-state index in [9.17, 15) is 13.2 Å². The molecule has 0 aliphatic carbocycles. The minimum Gasteiger partial charge on any atom is -0.449 e. The summed E-state index contributed by atoms with van der Waals surface area (Å²) >= 11 is 0. The Morgan fingerprint density at radius 2 is 1.95 bits per heavy atom. The molecule has 0 radical (unpaired) electrons. The number of carbonyl (C=O) groups excluding carboxylic acids is 1. The third-order valence-electron chi connectivity index (χ3n) is 3.27. The van der Waals surface area contributed by atoms with Crippen LogP contribution >= 0.6 is 0 Å². The Bertz CT molecular complexity index is 690. The van der Waals surface area contributed by atoms with Gasteiger partial charge >= 0.3 is 5.97 Å². The van der Waals surface area contributed by atoms with Crippen molar-refractivity contribution in [2.75, 3.05) is 6.61 Å². The molecule has 0 bridgehead atoms. The molecule has 0 unspecified atom stereocenters. The Hall–Kier alpha value is -1.91. The Labute approximate surface area is 131 Å². The van der Waals surface area contributed by atoms with E-state index in [2.05, 4.69) is 4.72 Å². The molecule has 1 N–H and O–H groups in total. The Balaban J connectivity index is 3.03. The molecule has 0 spiro atoms. The van der Waals surface area contributed by atoms with Gasteiger partial charge in [-0.3, -0.25) is 4.79 Å². The van der Waals surface area contributed by atoms with Gasteiger partial charge in [-0.15, -0.1) is 0 Å². The second-order valence-electron chi connectivity index (χ2n) is 5.35. The minimum absolute atomic E-state index is 0.0920. The number of ether oxygens (including phenoxy) is 1. The van der Waals surface area contributed by atoms with E-state index in [1.807, 2.05) is 13.8 Å². The molecule has 7 heteroatoms. The first kappa shape index (κ1) is 18.1. The molecule has 0 saturated carbocycles. The summed E-state index contributed by atoms with van der Waals surface area (Å²) in [5, 5.41) is 8.44. The van der Waals surface area contributed by atoms with Gasteiger partial charge < -0.3 is 4.74 Å². The van der Waals surface area contributed by atoms with Crippen molar-refractivity contribution < 1.29 is 17.9 Å². The van der Waals surface area contributed by atoms with E-state index in [0.717, 1.165) is 11.1 Å². The standard InChI is InChI=1S/C15H20N2O4S/c1-10(2)14(15(18)21-8-7-16)17-22(19,20)13-6-5-11(3)12(4)9-13/h5-6,9-10,14,17H,8H2,1-4H3/t14-/m0/s1. The molecule has 0 aliphatic heterocycles. The fourth-order valence-electron chi connectivity index (χ4n) is 1.77. The van der Waals surface area contributed by atoms with Gasteiger partial charge in [0.05, 0.1) is 4.90 Å². The number of rotatable bonds is 6. The third-order valence-corrected chi connectivity index (χ3v) is 4.71. The molecule has 0 fully saturated rings. The molecule has 1 aromatic rings. The summed E-state index contributed by atoms with van der Waals surface area (Å²) in [6, 6.07) is 5.39. The lowest BCUT2D eigenvalue weighted by atomic mass is 10.1. The predicted molar refractivity (Wildman–Crippen MR) is 81.4 cm³/mol. The Kier molecular flexibility index (Phi) is 6.09. The number of aryl methyl sites for hydroxylation is 2. The van der Waals surface area contributed by atoms with Crippen molar-refractivity contribution in [1.82, 2.24) is 4.72 Å². The fourth-order valence-corrected chi connectivity index (χ4v) is 3.18. The molecule has 0 amide bonds. The van der Waals surface area contributed by atoms with Crippen LogP contribution < -0.4 is 4.72 Å². The summed E-state index contributed by atoms with van der Waals surface area (Å²) < 4.78 is 31.9.